The van der Waals surface area contributed by atoms with Crippen molar-refractivity contribution in [2.75, 3.05) is 26.2 Å². The second kappa shape index (κ2) is 8.75. The molecule has 3 rings (SSSR count). The van der Waals surface area contributed by atoms with Crippen LogP contribution in [0, 0.1) is 6.92 Å². The average molecular weight is 403 g/mol. The number of carbonyl (C=O) groups is 2. The van der Waals surface area contributed by atoms with Gasteiger partial charge >= 0.3 is 0 Å². The summed E-state index contributed by atoms with van der Waals surface area (Å²) in [6.45, 7) is 9.18. The predicted molar refractivity (Wildman–Crippen MR) is 109 cm³/mol. The van der Waals surface area contributed by atoms with Gasteiger partial charge in [0.2, 0.25) is 5.78 Å². The summed E-state index contributed by atoms with van der Waals surface area (Å²) < 4.78 is 5.46. The Kier molecular flexibility index (Phi) is 6.36. The standard InChI is InChI=1S/C21H26N2O4S/c1-4-22(5-2)11-7-12-23-18(16-8-6-13-28-16)17(20(25)21(23)26)19(24)15-10-9-14(3)27-15/h6,8-10,13,18,25H,4-5,7,11-12H2,1-3H3/t18-/m0/s1. The van der Waals surface area contributed by atoms with Crippen molar-refractivity contribution in [3.05, 3.63) is 57.4 Å². The van der Waals surface area contributed by atoms with Gasteiger partial charge in [-0.1, -0.05) is 19.9 Å². The molecule has 0 radical (unpaired) electrons. The highest BCUT2D eigenvalue weighted by Crippen LogP contribution is 2.40. The lowest BCUT2D eigenvalue weighted by Crippen LogP contribution is -2.34. The Bertz CT molecular complexity index is 865. The fourth-order valence-electron chi connectivity index (χ4n) is 3.55. The van der Waals surface area contributed by atoms with E-state index in [1.54, 1.807) is 24.0 Å². The number of furan rings is 1. The van der Waals surface area contributed by atoms with Crippen molar-refractivity contribution in [1.29, 1.82) is 0 Å². The van der Waals surface area contributed by atoms with Crippen molar-refractivity contribution in [1.82, 2.24) is 9.80 Å². The second-order valence-electron chi connectivity index (χ2n) is 6.80. The fraction of sp³-hybridized carbons (Fsp3) is 0.429. The monoisotopic (exact) mass is 402 g/mol. The molecule has 0 saturated heterocycles. The van der Waals surface area contributed by atoms with Crippen molar-refractivity contribution in [3.8, 4) is 0 Å². The van der Waals surface area contributed by atoms with Crippen LogP contribution in [0.15, 0.2) is 45.4 Å². The minimum atomic E-state index is -0.581. The molecule has 1 N–H and O–H groups in total. The van der Waals surface area contributed by atoms with E-state index < -0.39 is 23.5 Å². The Balaban J connectivity index is 1.88. The Morgan fingerprint density at radius 2 is 2.04 bits per heavy atom. The zero-order valence-electron chi connectivity index (χ0n) is 16.5. The van der Waals surface area contributed by atoms with E-state index in [0.717, 1.165) is 30.9 Å². The van der Waals surface area contributed by atoms with Crippen LogP contribution in [0.5, 0.6) is 0 Å². The van der Waals surface area contributed by atoms with Gasteiger partial charge in [-0.05, 0) is 56.6 Å². The maximum Gasteiger partial charge on any atom is 0.290 e. The van der Waals surface area contributed by atoms with Crippen molar-refractivity contribution in [3.63, 3.8) is 0 Å². The minimum Gasteiger partial charge on any atom is -0.503 e. The van der Waals surface area contributed by atoms with Crippen LogP contribution in [0.25, 0.3) is 0 Å². The Morgan fingerprint density at radius 1 is 1.29 bits per heavy atom. The molecule has 1 aliphatic heterocycles. The third-order valence-electron chi connectivity index (χ3n) is 5.09. The first kappa shape index (κ1) is 20.4. The number of rotatable bonds is 9. The summed E-state index contributed by atoms with van der Waals surface area (Å²) in [5, 5.41) is 12.5. The third kappa shape index (κ3) is 3.91. The number of carbonyl (C=O) groups excluding carboxylic acids is 2. The summed E-state index contributed by atoms with van der Waals surface area (Å²) in [4.78, 5) is 30.6. The quantitative estimate of drug-likeness (QED) is 0.643. The van der Waals surface area contributed by atoms with Crippen LogP contribution < -0.4 is 0 Å². The summed E-state index contributed by atoms with van der Waals surface area (Å²) in [5.74, 6) is -0.664. The SMILES string of the molecule is CCN(CC)CCCN1C(=O)C(O)=C(C(=O)c2ccc(C)o2)[C@@H]1c1cccs1. The van der Waals surface area contributed by atoms with Gasteiger partial charge in [0.15, 0.2) is 11.5 Å². The Hall–Kier alpha value is -2.38. The van der Waals surface area contributed by atoms with E-state index in [4.69, 9.17) is 4.42 Å². The number of aliphatic hydroxyl groups is 1. The highest BCUT2D eigenvalue weighted by Gasteiger charge is 2.44. The van der Waals surface area contributed by atoms with E-state index in [9.17, 15) is 14.7 Å². The van der Waals surface area contributed by atoms with Crippen molar-refractivity contribution in [2.24, 2.45) is 0 Å². The molecule has 28 heavy (non-hydrogen) atoms. The molecule has 0 unspecified atom stereocenters. The van der Waals surface area contributed by atoms with Crippen molar-refractivity contribution >= 4 is 23.0 Å². The van der Waals surface area contributed by atoms with Gasteiger partial charge in [0, 0.05) is 11.4 Å². The smallest absolute Gasteiger partial charge is 0.290 e. The normalized spacial score (nSPS) is 17.2. The lowest BCUT2D eigenvalue weighted by Gasteiger charge is -2.27. The van der Waals surface area contributed by atoms with Crippen LogP contribution in [0.1, 0.15) is 47.5 Å². The molecule has 150 valence electrons. The van der Waals surface area contributed by atoms with E-state index in [1.807, 2.05) is 17.5 Å². The van der Waals surface area contributed by atoms with Gasteiger partial charge in [-0.3, -0.25) is 9.59 Å². The average Bonchev–Trinajstić information content (AvgIpc) is 3.41. The molecule has 0 bridgehead atoms. The van der Waals surface area contributed by atoms with E-state index in [1.165, 1.54) is 11.3 Å². The molecule has 0 aromatic carbocycles. The van der Waals surface area contributed by atoms with Gasteiger partial charge < -0.3 is 19.3 Å². The number of Topliss-reactive ketones (excluding diaryl/α,β-unsaturated/α-hetero) is 1. The first-order valence-corrected chi connectivity index (χ1v) is 10.5. The fourth-order valence-corrected chi connectivity index (χ4v) is 4.40. The van der Waals surface area contributed by atoms with Crippen LogP contribution in [-0.4, -0.2) is 52.8 Å². The summed E-state index contributed by atoms with van der Waals surface area (Å²) in [6.07, 6.45) is 0.768. The molecular formula is C21H26N2O4S. The molecule has 0 fully saturated rings. The van der Waals surface area contributed by atoms with Crippen LogP contribution in [0.3, 0.4) is 0 Å². The molecule has 2 aromatic heterocycles. The van der Waals surface area contributed by atoms with E-state index >= 15 is 0 Å². The summed E-state index contributed by atoms with van der Waals surface area (Å²) in [7, 11) is 0. The third-order valence-corrected chi connectivity index (χ3v) is 6.02. The number of amides is 1. The van der Waals surface area contributed by atoms with E-state index in [2.05, 4.69) is 18.7 Å². The summed E-state index contributed by atoms with van der Waals surface area (Å²) >= 11 is 1.47. The Morgan fingerprint density at radius 3 is 2.61 bits per heavy atom. The highest BCUT2D eigenvalue weighted by molar-refractivity contribution is 7.10. The largest absolute Gasteiger partial charge is 0.503 e. The number of nitrogens with zero attached hydrogens (tertiary/aromatic N) is 2. The molecule has 0 aliphatic carbocycles. The molecule has 3 heterocycles. The lowest BCUT2D eigenvalue weighted by molar-refractivity contribution is -0.129. The molecule has 0 spiro atoms. The predicted octanol–water partition coefficient (Wildman–Crippen LogP) is 3.96. The Labute approximate surface area is 169 Å². The molecule has 2 aromatic rings. The maximum absolute atomic E-state index is 13.0. The lowest BCUT2D eigenvalue weighted by atomic mass is 10.0. The molecule has 6 nitrogen and oxygen atoms in total. The van der Waals surface area contributed by atoms with Gasteiger partial charge in [-0.2, -0.15) is 0 Å². The van der Waals surface area contributed by atoms with Crippen LogP contribution in [0.4, 0.5) is 0 Å². The highest BCUT2D eigenvalue weighted by atomic mass is 32.1. The van der Waals surface area contributed by atoms with Gasteiger partial charge in [-0.15, -0.1) is 11.3 Å². The molecule has 0 saturated carbocycles. The number of thiophene rings is 1. The molecular weight excluding hydrogens is 376 g/mol. The van der Waals surface area contributed by atoms with Crippen molar-refractivity contribution in [2.45, 2.75) is 33.2 Å². The van der Waals surface area contributed by atoms with Gasteiger partial charge in [0.05, 0.1) is 11.6 Å². The van der Waals surface area contributed by atoms with Crippen molar-refractivity contribution < 1.29 is 19.1 Å². The van der Waals surface area contributed by atoms with Gasteiger partial charge in [-0.25, -0.2) is 0 Å². The maximum atomic E-state index is 13.0. The zero-order chi connectivity index (χ0) is 20.3. The number of hydrogen-bond acceptors (Lipinski definition) is 6. The van der Waals surface area contributed by atoms with Crippen LogP contribution in [0.2, 0.25) is 0 Å². The number of aliphatic hydroxyl groups excluding tert-OH is 1. The molecule has 1 amide bonds. The van der Waals surface area contributed by atoms with Crippen LogP contribution >= 0.6 is 11.3 Å². The second-order valence-corrected chi connectivity index (χ2v) is 7.78. The summed E-state index contributed by atoms with van der Waals surface area (Å²) in [6, 6.07) is 6.47. The first-order chi connectivity index (χ1) is 13.5. The number of aryl methyl sites for hydroxylation is 1. The molecule has 1 aliphatic rings. The number of ketones is 1. The minimum absolute atomic E-state index is 0.102. The van der Waals surface area contributed by atoms with Gasteiger partial charge in [0.25, 0.3) is 5.91 Å². The topological polar surface area (TPSA) is 74.0 Å². The molecule has 7 heteroatoms. The van der Waals surface area contributed by atoms with Crippen LogP contribution in [-0.2, 0) is 4.79 Å². The number of hydrogen-bond donors (Lipinski definition) is 1. The van der Waals surface area contributed by atoms with E-state index in [-0.39, 0.29) is 11.3 Å². The zero-order valence-corrected chi connectivity index (χ0v) is 17.3. The van der Waals surface area contributed by atoms with Gasteiger partial charge in [0.1, 0.15) is 5.76 Å². The summed E-state index contributed by atoms with van der Waals surface area (Å²) in [5.41, 5.74) is 0.102. The first-order valence-electron chi connectivity index (χ1n) is 9.58. The molecule has 1 atom stereocenters. The van der Waals surface area contributed by atoms with E-state index in [0.29, 0.717) is 12.3 Å².